The Kier molecular flexibility index (Phi) is 40.0. The fraction of sp³-hybridized carbons (Fsp3) is 0.944. The molecule has 0 bridgehead atoms. The molecule has 0 spiro atoms. The van der Waals surface area contributed by atoms with Crippen LogP contribution in [-0.2, 0) is 65.2 Å². The highest BCUT2D eigenvalue weighted by Crippen LogP contribution is 2.55. The summed E-state index contributed by atoms with van der Waals surface area (Å²) in [6, 6.07) is 0. The first kappa shape index (κ1) is 80.9. The number of nitrogens with zero attached hydrogens (tertiary/aromatic N) is 9. The molecule has 3 atom stereocenters. The molecule has 504 valence electrons. The smallest absolute Gasteiger partial charge is 0.409 e. The van der Waals surface area contributed by atoms with E-state index in [0.29, 0.717) is 138 Å². The highest BCUT2D eigenvalue weighted by Gasteiger charge is 2.41. The van der Waals surface area contributed by atoms with Crippen molar-refractivity contribution >= 4 is 41.3 Å². The van der Waals surface area contributed by atoms with Crippen LogP contribution in [0.3, 0.4) is 0 Å². The van der Waals surface area contributed by atoms with Gasteiger partial charge in [0.1, 0.15) is 19.8 Å². The SMILES string of the molecule is CCCOCCOCCOC(=O)N1CCN(P(=O)(OCC(C)(C)C)N(C)C)CC1.CN(C)P(=O)(OCC(C)(C)C)N1CCCN(C(=O)OCCOCCOCCO)CC1.CN(C)P(=O)(OCC(C)(C)C)N1CCN(C(=O)OCCOCCO)CC1. The first-order valence-electron chi connectivity index (χ1n) is 29.7. The molecule has 0 aliphatic carbocycles. The quantitative estimate of drug-likeness (QED) is 0.0415. The summed E-state index contributed by atoms with van der Waals surface area (Å²) in [5, 5.41) is 17.2. The van der Waals surface area contributed by atoms with Crippen molar-refractivity contribution in [3.63, 3.8) is 0 Å². The molecule has 3 heterocycles. The topological polar surface area (TPSA) is 274 Å². The van der Waals surface area contributed by atoms with Gasteiger partial charge in [0, 0.05) is 85.1 Å². The van der Waals surface area contributed by atoms with E-state index in [1.165, 1.54) is 0 Å². The molecule has 28 nitrogen and oxygen atoms in total. The van der Waals surface area contributed by atoms with Gasteiger partial charge in [0.25, 0.3) is 0 Å². The Labute approximate surface area is 510 Å². The molecule has 0 radical (unpaired) electrons. The lowest BCUT2D eigenvalue weighted by Crippen LogP contribution is -2.49. The van der Waals surface area contributed by atoms with Crippen LogP contribution in [0.15, 0.2) is 0 Å². The zero-order valence-electron chi connectivity index (χ0n) is 54.8. The summed E-state index contributed by atoms with van der Waals surface area (Å²) in [6.45, 7) is 31.5. The lowest BCUT2D eigenvalue weighted by atomic mass is 9.99. The third-order valence-corrected chi connectivity index (χ3v) is 20.0. The van der Waals surface area contributed by atoms with E-state index >= 15 is 0 Å². The van der Waals surface area contributed by atoms with E-state index in [2.05, 4.69) is 6.92 Å². The molecule has 3 saturated heterocycles. The van der Waals surface area contributed by atoms with Crippen LogP contribution in [0.5, 0.6) is 0 Å². The Hall–Kier alpha value is -2.14. The number of ether oxygens (including phenoxy) is 8. The van der Waals surface area contributed by atoms with Gasteiger partial charge in [-0.3, -0.25) is 13.7 Å². The third kappa shape index (κ3) is 33.5. The largest absolute Gasteiger partial charge is 0.447 e. The summed E-state index contributed by atoms with van der Waals surface area (Å²) in [6.07, 6.45) is 0.493. The summed E-state index contributed by atoms with van der Waals surface area (Å²) in [7, 11) is 1.17. The lowest BCUT2D eigenvalue weighted by molar-refractivity contribution is 0.0144. The molecule has 31 heteroatoms. The molecule has 85 heavy (non-hydrogen) atoms. The van der Waals surface area contributed by atoms with Crippen LogP contribution >= 0.6 is 23.0 Å². The second kappa shape index (κ2) is 42.0. The molecule has 0 aromatic rings. The van der Waals surface area contributed by atoms with E-state index in [4.69, 9.17) is 61.7 Å². The maximum Gasteiger partial charge on any atom is 0.409 e. The van der Waals surface area contributed by atoms with Gasteiger partial charge in [-0.1, -0.05) is 69.2 Å². The van der Waals surface area contributed by atoms with E-state index in [0.717, 1.165) is 13.0 Å². The summed E-state index contributed by atoms with van der Waals surface area (Å²) in [5.74, 6) is 0. The van der Waals surface area contributed by atoms with Gasteiger partial charge in [0.05, 0.1) is 92.5 Å². The van der Waals surface area contributed by atoms with Crippen molar-refractivity contribution in [1.29, 1.82) is 0 Å². The average Bonchev–Trinajstić information content (AvgIpc) is 3.96. The number of amides is 3. The summed E-state index contributed by atoms with van der Waals surface area (Å²) in [5.41, 5.74) is -0.267. The minimum atomic E-state index is -3.15. The fourth-order valence-corrected chi connectivity index (χ4v) is 14.1. The molecule has 3 aliphatic rings. The van der Waals surface area contributed by atoms with Crippen molar-refractivity contribution < 1.29 is 89.8 Å². The Bertz CT molecular complexity index is 1970. The normalized spacial score (nSPS) is 18.4. The number of aliphatic hydroxyl groups is 2. The van der Waals surface area contributed by atoms with Crippen LogP contribution in [0.4, 0.5) is 14.4 Å². The number of aliphatic hydroxyl groups excluding tert-OH is 2. The average molecular weight is 1290 g/mol. The van der Waals surface area contributed by atoms with E-state index in [1.54, 1.807) is 71.0 Å². The minimum absolute atomic E-state index is 0.0163. The van der Waals surface area contributed by atoms with Gasteiger partial charge in [-0.05, 0) is 71.4 Å². The summed E-state index contributed by atoms with van der Waals surface area (Å²) < 4.78 is 110. The Morgan fingerprint density at radius 3 is 0.882 bits per heavy atom. The molecule has 3 amide bonds. The molecule has 0 aromatic heterocycles. The van der Waals surface area contributed by atoms with Crippen LogP contribution < -0.4 is 0 Å². The predicted molar refractivity (Wildman–Crippen MR) is 327 cm³/mol. The highest BCUT2D eigenvalue weighted by atomic mass is 31.2. The van der Waals surface area contributed by atoms with Crippen molar-refractivity contribution in [3.05, 3.63) is 0 Å². The number of carbonyl (C=O) groups is 3. The van der Waals surface area contributed by atoms with Crippen LogP contribution in [0, 0.1) is 16.2 Å². The van der Waals surface area contributed by atoms with Crippen LogP contribution in [-0.4, -0.2) is 311 Å². The second-order valence-electron chi connectivity index (χ2n) is 24.5. The van der Waals surface area contributed by atoms with Gasteiger partial charge in [-0.2, -0.15) is 0 Å². The Morgan fingerprint density at radius 2 is 0.624 bits per heavy atom. The van der Waals surface area contributed by atoms with E-state index < -0.39 is 35.2 Å². The molecular formula is C54H114N9O19P3. The Balaban J connectivity index is 0.000000639. The monoisotopic (exact) mass is 1290 g/mol. The van der Waals surface area contributed by atoms with Gasteiger partial charge >= 0.3 is 41.3 Å². The molecule has 3 aliphatic heterocycles. The van der Waals surface area contributed by atoms with Crippen molar-refractivity contribution in [2.75, 3.05) is 240 Å². The standard InChI is InChI=1S/C19H40N3O7P.C19H40N3O6P.C16H34N3O6P/c1-19(2,3)17-29-30(25,20(4)5)22-8-6-7-21(9-10-22)18(24)28-16-15-27-14-13-26-12-11-23;1-7-12-25-13-14-26-15-16-27-18(23)21-8-10-22(11-9-21)29(24,20(5)6)28-17-19(2,3)4;1-16(2,3)14-25-26(22,17(4)5)19-8-6-18(7-9-19)15(21)24-13-12-23-11-10-20/h23H,6-17H2,1-5H3;7-17H2,1-6H3;20H,6-14H2,1-5H3. The molecule has 3 fully saturated rings. The van der Waals surface area contributed by atoms with Crippen molar-refractivity contribution in [1.82, 2.24) is 42.7 Å². The maximum absolute atomic E-state index is 13.5. The number of rotatable bonds is 33. The first-order valence-corrected chi connectivity index (χ1v) is 34.3. The van der Waals surface area contributed by atoms with Gasteiger partial charge in [0.2, 0.25) is 0 Å². The molecular weight excluding hydrogens is 1170 g/mol. The zero-order chi connectivity index (χ0) is 64.3. The lowest BCUT2D eigenvalue weighted by Gasteiger charge is -2.40. The van der Waals surface area contributed by atoms with Crippen LogP contribution in [0.2, 0.25) is 0 Å². The number of hydrogen-bond donors (Lipinski definition) is 2. The van der Waals surface area contributed by atoms with E-state index in [9.17, 15) is 28.1 Å². The van der Waals surface area contributed by atoms with Crippen LogP contribution in [0.25, 0.3) is 0 Å². The molecule has 0 saturated carbocycles. The van der Waals surface area contributed by atoms with Crippen molar-refractivity contribution in [3.8, 4) is 0 Å². The molecule has 3 unspecified atom stereocenters. The number of carbonyl (C=O) groups excluding carboxylic acids is 3. The predicted octanol–water partition coefficient (Wildman–Crippen LogP) is 6.29. The second-order valence-corrected chi connectivity index (χ2v) is 32.4. The zero-order valence-corrected chi connectivity index (χ0v) is 57.5. The molecule has 0 aromatic carbocycles. The molecule has 2 N–H and O–H groups in total. The van der Waals surface area contributed by atoms with E-state index in [1.807, 2.05) is 76.3 Å². The fourth-order valence-electron chi connectivity index (χ4n) is 7.64. The van der Waals surface area contributed by atoms with Gasteiger partial charge in [0.15, 0.2) is 0 Å². The number of hydrogen-bond acceptors (Lipinski definition) is 19. The van der Waals surface area contributed by atoms with Gasteiger partial charge in [-0.15, -0.1) is 0 Å². The van der Waals surface area contributed by atoms with Gasteiger partial charge in [-0.25, -0.2) is 42.4 Å². The van der Waals surface area contributed by atoms with Crippen LogP contribution in [0.1, 0.15) is 82.1 Å². The first-order chi connectivity index (χ1) is 39.8. The van der Waals surface area contributed by atoms with E-state index in [-0.39, 0.29) is 81.8 Å². The summed E-state index contributed by atoms with van der Waals surface area (Å²) in [4.78, 5) is 41.5. The Morgan fingerprint density at radius 1 is 0.376 bits per heavy atom. The summed E-state index contributed by atoms with van der Waals surface area (Å²) >= 11 is 0. The van der Waals surface area contributed by atoms with Crippen molar-refractivity contribution in [2.45, 2.75) is 82.1 Å². The highest BCUT2D eigenvalue weighted by molar-refractivity contribution is 7.54. The van der Waals surface area contributed by atoms with Crippen molar-refractivity contribution in [2.24, 2.45) is 16.2 Å². The van der Waals surface area contributed by atoms with Gasteiger partial charge < -0.3 is 76.4 Å². The third-order valence-electron chi connectivity index (χ3n) is 12.3. The maximum atomic E-state index is 13.5. The number of piperazine rings is 2. The molecule has 3 rings (SSSR count). The minimum Gasteiger partial charge on any atom is -0.447 e.